The fourth-order valence-corrected chi connectivity index (χ4v) is 4.70. The number of aryl methyl sites for hydroxylation is 1. The molecule has 0 radical (unpaired) electrons. The van der Waals surface area contributed by atoms with Gasteiger partial charge >= 0.3 is 23.8 Å². The highest BCUT2D eigenvalue weighted by Gasteiger charge is 2.48. The van der Waals surface area contributed by atoms with Crippen molar-refractivity contribution in [1.82, 2.24) is 9.80 Å². The second-order valence-electron chi connectivity index (χ2n) is 7.22. The van der Waals surface area contributed by atoms with E-state index in [0.29, 0.717) is 29.2 Å². The highest BCUT2D eigenvalue weighted by Crippen LogP contribution is 2.30. The molecule has 1 aliphatic carbocycles. The molecule has 1 aliphatic heterocycles. The molecular weight excluding hydrogens is 410 g/mol. The standard InChI is InChI=1S/C20H25N3O6S/c1-3-13-10-14(19(27)29-4-2)16(30-13)21-15(24)11-22-17(25)18(26)23(20(22)28)12-8-6-5-7-9-12/h10,12H,3-9,11H2,1-2H3,(H,21,24). The first kappa shape index (κ1) is 21.9. The maximum atomic E-state index is 12.7. The lowest BCUT2D eigenvalue weighted by atomic mass is 9.94. The Morgan fingerprint density at radius 1 is 1.13 bits per heavy atom. The van der Waals surface area contributed by atoms with E-state index in [0.717, 1.165) is 29.0 Å². The second-order valence-corrected chi connectivity index (χ2v) is 8.36. The number of hydrogen-bond acceptors (Lipinski definition) is 7. The van der Waals surface area contributed by atoms with Crippen molar-refractivity contribution in [3.8, 4) is 0 Å². The number of esters is 1. The Labute approximate surface area is 178 Å². The van der Waals surface area contributed by atoms with Crippen LogP contribution in [0.1, 0.15) is 61.2 Å². The van der Waals surface area contributed by atoms with Gasteiger partial charge in [-0.2, -0.15) is 0 Å². The van der Waals surface area contributed by atoms with Crippen molar-refractivity contribution in [2.75, 3.05) is 18.5 Å². The van der Waals surface area contributed by atoms with Gasteiger partial charge in [0.2, 0.25) is 5.91 Å². The number of amides is 5. The molecular formula is C20H25N3O6S. The Bertz CT molecular complexity index is 874. The Balaban J connectivity index is 1.71. The van der Waals surface area contributed by atoms with E-state index in [4.69, 9.17) is 4.74 Å². The molecule has 0 unspecified atom stereocenters. The van der Waals surface area contributed by atoms with Crippen molar-refractivity contribution in [2.45, 2.75) is 58.4 Å². The van der Waals surface area contributed by atoms with Crippen LogP contribution in [0.5, 0.6) is 0 Å². The van der Waals surface area contributed by atoms with E-state index < -0.39 is 36.3 Å². The molecule has 9 nitrogen and oxygen atoms in total. The number of thiophene rings is 1. The summed E-state index contributed by atoms with van der Waals surface area (Å²) in [5, 5.41) is 2.88. The second kappa shape index (κ2) is 9.38. The van der Waals surface area contributed by atoms with Crippen LogP contribution < -0.4 is 5.32 Å². The quantitative estimate of drug-likeness (QED) is 0.400. The highest BCUT2D eigenvalue weighted by atomic mass is 32.1. The van der Waals surface area contributed by atoms with Gasteiger partial charge in [-0.05, 0) is 32.3 Å². The van der Waals surface area contributed by atoms with Crippen molar-refractivity contribution in [1.29, 1.82) is 0 Å². The van der Waals surface area contributed by atoms with Gasteiger partial charge in [0.15, 0.2) is 0 Å². The van der Waals surface area contributed by atoms with E-state index >= 15 is 0 Å². The monoisotopic (exact) mass is 435 g/mol. The van der Waals surface area contributed by atoms with Crippen LogP contribution in [0.4, 0.5) is 9.80 Å². The number of anilines is 1. The van der Waals surface area contributed by atoms with E-state index in [9.17, 15) is 24.0 Å². The van der Waals surface area contributed by atoms with Crippen molar-refractivity contribution >= 4 is 46.1 Å². The summed E-state index contributed by atoms with van der Waals surface area (Å²) in [7, 11) is 0. The van der Waals surface area contributed by atoms with Gasteiger partial charge in [-0.3, -0.25) is 19.3 Å². The number of nitrogens with zero attached hydrogens (tertiary/aromatic N) is 2. The lowest BCUT2D eigenvalue weighted by Gasteiger charge is -2.28. The predicted molar refractivity (Wildman–Crippen MR) is 109 cm³/mol. The SMILES string of the molecule is CCOC(=O)c1cc(CC)sc1NC(=O)CN1C(=O)C(=O)N(C2CCCCC2)C1=O. The van der Waals surface area contributed by atoms with Crippen molar-refractivity contribution < 1.29 is 28.7 Å². The molecule has 162 valence electrons. The van der Waals surface area contributed by atoms with Crippen LogP contribution in [0.15, 0.2) is 6.07 Å². The van der Waals surface area contributed by atoms with Gasteiger partial charge in [0.1, 0.15) is 11.5 Å². The Morgan fingerprint density at radius 2 is 1.83 bits per heavy atom. The fraction of sp³-hybridized carbons (Fsp3) is 0.550. The topological polar surface area (TPSA) is 113 Å². The first-order valence-corrected chi connectivity index (χ1v) is 11.0. The minimum atomic E-state index is -0.994. The van der Waals surface area contributed by atoms with Crippen LogP contribution in [0.2, 0.25) is 0 Å². The molecule has 2 fully saturated rings. The average Bonchev–Trinajstić information content (AvgIpc) is 3.23. The van der Waals surface area contributed by atoms with Crippen LogP contribution >= 0.6 is 11.3 Å². The van der Waals surface area contributed by atoms with E-state index in [1.54, 1.807) is 13.0 Å². The Kier molecular flexibility index (Phi) is 6.86. The van der Waals surface area contributed by atoms with E-state index in [2.05, 4.69) is 5.32 Å². The summed E-state index contributed by atoms with van der Waals surface area (Å²) < 4.78 is 5.02. The van der Waals surface area contributed by atoms with Gasteiger partial charge in [-0.1, -0.05) is 26.2 Å². The molecule has 0 atom stereocenters. The molecule has 0 bridgehead atoms. The first-order chi connectivity index (χ1) is 14.4. The molecule has 0 spiro atoms. The number of carbonyl (C=O) groups is 5. The molecule has 2 heterocycles. The summed E-state index contributed by atoms with van der Waals surface area (Å²) in [4.78, 5) is 64.6. The molecule has 1 saturated carbocycles. The van der Waals surface area contributed by atoms with Gasteiger partial charge < -0.3 is 10.1 Å². The number of imide groups is 2. The Morgan fingerprint density at radius 3 is 2.47 bits per heavy atom. The summed E-state index contributed by atoms with van der Waals surface area (Å²) >= 11 is 1.23. The summed E-state index contributed by atoms with van der Waals surface area (Å²) in [5.74, 6) is -3.09. The third-order valence-electron chi connectivity index (χ3n) is 5.21. The van der Waals surface area contributed by atoms with E-state index in [-0.39, 0.29) is 18.2 Å². The molecule has 30 heavy (non-hydrogen) atoms. The van der Waals surface area contributed by atoms with Crippen LogP contribution in [0.3, 0.4) is 0 Å². The van der Waals surface area contributed by atoms with Gasteiger partial charge in [-0.15, -0.1) is 11.3 Å². The molecule has 1 aromatic heterocycles. The van der Waals surface area contributed by atoms with Crippen LogP contribution in [-0.4, -0.2) is 58.7 Å². The van der Waals surface area contributed by atoms with Gasteiger partial charge in [0, 0.05) is 10.9 Å². The lowest BCUT2D eigenvalue weighted by Crippen LogP contribution is -2.43. The minimum absolute atomic E-state index is 0.194. The molecule has 5 amide bonds. The number of carbonyl (C=O) groups excluding carboxylic acids is 5. The van der Waals surface area contributed by atoms with Crippen molar-refractivity contribution in [3.05, 3.63) is 16.5 Å². The van der Waals surface area contributed by atoms with Crippen molar-refractivity contribution in [2.24, 2.45) is 0 Å². The number of hydrogen-bond donors (Lipinski definition) is 1. The van der Waals surface area contributed by atoms with Gasteiger partial charge in [-0.25, -0.2) is 14.5 Å². The zero-order valence-electron chi connectivity index (χ0n) is 17.1. The fourth-order valence-electron chi connectivity index (χ4n) is 3.70. The smallest absolute Gasteiger partial charge is 0.341 e. The third-order valence-corrected chi connectivity index (χ3v) is 6.40. The third kappa shape index (κ3) is 4.38. The van der Waals surface area contributed by atoms with Crippen LogP contribution in [0.25, 0.3) is 0 Å². The number of rotatable bonds is 7. The zero-order valence-corrected chi connectivity index (χ0v) is 17.9. The molecule has 1 aromatic rings. The van der Waals surface area contributed by atoms with Crippen LogP contribution in [0, 0.1) is 0 Å². The summed E-state index contributed by atoms with van der Waals surface area (Å²) in [6.45, 7) is 3.20. The zero-order chi connectivity index (χ0) is 21.8. The van der Waals surface area contributed by atoms with Crippen LogP contribution in [-0.2, 0) is 25.5 Å². The molecule has 3 rings (SSSR count). The van der Waals surface area contributed by atoms with Gasteiger partial charge in [0.05, 0.1) is 12.2 Å². The maximum Gasteiger partial charge on any atom is 0.341 e. The summed E-state index contributed by atoms with van der Waals surface area (Å²) in [6, 6.07) is 0.604. The molecule has 1 saturated heterocycles. The maximum absolute atomic E-state index is 12.7. The lowest BCUT2D eigenvalue weighted by molar-refractivity contribution is -0.144. The Hall–Kier alpha value is -2.75. The van der Waals surface area contributed by atoms with Crippen molar-refractivity contribution in [3.63, 3.8) is 0 Å². The molecule has 2 aliphatic rings. The molecule has 1 N–H and O–H groups in total. The number of urea groups is 1. The van der Waals surface area contributed by atoms with E-state index in [1.807, 2.05) is 6.92 Å². The number of nitrogens with one attached hydrogen (secondary N) is 1. The summed E-state index contributed by atoms with van der Waals surface area (Å²) in [5.41, 5.74) is 0.228. The first-order valence-electron chi connectivity index (χ1n) is 10.2. The molecule has 0 aromatic carbocycles. The van der Waals surface area contributed by atoms with Gasteiger partial charge in [0.25, 0.3) is 0 Å². The minimum Gasteiger partial charge on any atom is -0.462 e. The number of ether oxygens (including phenoxy) is 1. The highest BCUT2D eigenvalue weighted by molar-refractivity contribution is 7.16. The molecule has 10 heteroatoms. The average molecular weight is 436 g/mol. The normalized spacial score (nSPS) is 17.6. The predicted octanol–water partition coefficient (Wildman–Crippen LogP) is 2.55. The summed E-state index contributed by atoms with van der Waals surface area (Å²) in [6.07, 6.45) is 4.83. The van der Waals surface area contributed by atoms with E-state index in [1.165, 1.54) is 11.3 Å². The largest absolute Gasteiger partial charge is 0.462 e.